The van der Waals surface area contributed by atoms with Crippen molar-refractivity contribution in [1.29, 1.82) is 0 Å². The lowest BCUT2D eigenvalue weighted by Crippen LogP contribution is -2.19. The molecule has 0 unspecified atom stereocenters. The van der Waals surface area contributed by atoms with Crippen LogP contribution in [0.15, 0.2) is 60.7 Å². The number of hydrogen-bond acceptors (Lipinski definition) is 8. The van der Waals surface area contributed by atoms with E-state index in [-0.39, 0.29) is 0 Å². The van der Waals surface area contributed by atoms with E-state index < -0.39 is 0 Å². The first-order valence-corrected chi connectivity index (χ1v) is 14.3. The van der Waals surface area contributed by atoms with E-state index in [0.717, 1.165) is 69.4 Å². The average Bonchev–Trinajstić information content (AvgIpc) is 3.60. The van der Waals surface area contributed by atoms with Gasteiger partial charge in [-0.3, -0.25) is 0 Å². The summed E-state index contributed by atoms with van der Waals surface area (Å²) >= 11 is 0. The van der Waals surface area contributed by atoms with Crippen LogP contribution in [-0.2, 0) is 9.47 Å². The quantitative estimate of drug-likeness (QED) is 0.164. The normalized spacial score (nSPS) is 11.8. The summed E-state index contributed by atoms with van der Waals surface area (Å²) in [6.07, 6.45) is 0. The number of benzene rings is 3. The third-order valence-corrected chi connectivity index (χ3v) is 6.70. The minimum absolute atomic E-state index is 0.504. The smallest absolute Gasteiger partial charge is 0.138 e. The number of fused-ring (bicyclic) bond motifs is 2. The Morgan fingerprint density at radius 2 is 0.976 bits per heavy atom. The van der Waals surface area contributed by atoms with Gasteiger partial charge in [0.05, 0.1) is 48.5 Å². The zero-order valence-electron chi connectivity index (χ0n) is 24.9. The molecule has 0 aliphatic rings. The minimum atomic E-state index is 0.504. The van der Waals surface area contributed by atoms with Crippen LogP contribution < -0.4 is 9.47 Å². The molecule has 0 radical (unpaired) electrons. The van der Waals surface area contributed by atoms with E-state index in [2.05, 4.69) is 19.8 Å². The number of rotatable bonds is 16. The van der Waals surface area contributed by atoms with Crippen LogP contribution in [0.5, 0.6) is 11.5 Å². The number of nitrogens with one attached hydrogen (secondary N) is 2. The Kier molecular flexibility index (Phi) is 10.0. The Bertz CT molecular complexity index is 1440. The summed E-state index contributed by atoms with van der Waals surface area (Å²) in [5, 5.41) is 0. The highest BCUT2D eigenvalue weighted by molar-refractivity contribution is 5.82. The number of hydrogen-bond donors (Lipinski definition) is 2. The summed E-state index contributed by atoms with van der Waals surface area (Å²) in [6.45, 7) is 5.29. The van der Waals surface area contributed by atoms with E-state index in [1.54, 1.807) is 0 Å². The average molecular weight is 573 g/mol. The molecule has 0 saturated heterocycles. The molecular formula is C32H40N6O4. The predicted octanol–water partition coefficient (Wildman–Crippen LogP) is 4.69. The van der Waals surface area contributed by atoms with Crippen LogP contribution in [0.3, 0.4) is 0 Å². The molecule has 0 spiro atoms. The van der Waals surface area contributed by atoms with E-state index in [0.29, 0.717) is 39.6 Å². The van der Waals surface area contributed by atoms with Crippen molar-refractivity contribution in [3.63, 3.8) is 0 Å². The highest BCUT2D eigenvalue weighted by Crippen LogP contribution is 2.28. The fourth-order valence-electron chi connectivity index (χ4n) is 4.35. The van der Waals surface area contributed by atoms with E-state index in [4.69, 9.17) is 28.9 Å². The number of H-pyrrole nitrogens is 2. The maximum absolute atomic E-state index is 5.86. The summed E-state index contributed by atoms with van der Waals surface area (Å²) in [7, 11) is 8.12. The van der Waals surface area contributed by atoms with Crippen molar-refractivity contribution in [1.82, 2.24) is 29.7 Å². The first kappa shape index (κ1) is 29.5. The Morgan fingerprint density at radius 1 is 0.548 bits per heavy atom. The Labute approximate surface area is 246 Å². The summed E-state index contributed by atoms with van der Waals surface area (Å²) in [5.41, 5.74) is 5.61. The Hall–Kier alpha value is -3.96. The van der Waals surface area contributed by atoms with Gasteiger partial charge in [0.15, 0.2) is 0 Å². The van der Waals surface area contributed by atoms with Crippen molar-refractivity contribution in [2.24, 2.45) is 0 Å². The standard InChI is InChI=1S/C32H40N6O4/c1-37(2)13-15-39-17-19-41-25-9-11-27-29(21-25)35-31(33-27)23-5-7-24(8-6-23)32-34-28-12-10-26(22-30(28)36-32)42-20-18-40-16-14-38(3)4/h5-12,21-22H,13-20H2,1-4H3,(H,33,35)(H,34,36). The molecule has 0 aliphatic carbocycles. The van der Waals surface area contributed by atoms with Crippen LogP contribution in [-0.4, -0.2) is 111 Å². The first-order chi connectivity index (χ1) is 20.4. The second-order valence-corrected chi connectivity index (χ2v) is 10.6. The molecule has 0 bridgehead atoms. The van der Waals surface area contributed by atoms with E-state index in [1.165, 1.54) is 0 Å². The lowest BCUT2D eigenvalue weighted by molar-refractivity contribution is 0.0890. The van der Waals surface area contributed by atoms with Crippen molar-refractivity contribution in [2.45, 2.75) is 0 Å². The molecule has 0 saturated carbocycles. The second-order valence-electron chi connectivity index (χ2n) is 10.6. The molecule has 0 atom stereocenters. The SMILES string of the molecule is CN(C)CCOCCOc1ccc2nc(-c3ccc(-c4nc5ccc(OCCOCCN(C)C)cc5[nH]4)cc3)[nH]c2c1. The molecular weight excluding hydrogens is 532 g/mol. The maximum Gasteiger partial charge on any atom is 0.138 e. The maximum atomic E-state index is 5.86. The van der Waals surface area contributed by atoms with Crippen LogP contribution in [0.25, 0.3) is 44.8 Å². The molecule has 222 valence electrons. The molecule has 2 N–H and O–H groups in total. The van der Waals surface area contributed by atoms with Gasteiger partial charge in [-0.2, -0.15) is 0 Å². The largest absolute Gasteiger partial charge is 0.491 e. The van der Waals surface area contributed by atoms with E-state index in [9.17, 15) is 0 Å². The summed E-state index contributed by atoms with van der Waals surface area (Å²) in [6, 6.07) is 20.0. The molecule has 5 rings (SSSR count). The Balaban J connectivity index is 1.17. The monoisotopic (exact) mass is 572 g/mol. The summed E-state index contributed by atoms with van der Waals surface area (Å²) in [4.78, 5) is 20.6. The molecule has 3 aromatic carbocycles. The van der Waals surface area contributed by atoms with Gasteiger partial charge >= 0.3 is 0 Å². The van der Waals surface area contributed by atoms with Gasteiger partial charge < -0.3 is 38.7 Å². The molecule has 2 heterocycles. The number of nitrogens with zero attached hydrogens (tertiary/aromatic N) is 4. The van der Waals surface area contributed by atoms with E-state index >= 15 is 0 Å². The molecule has 0 amide bonds. The van der Waals surface area contributed by atoms with Gasteiger partial charge in [0.25, 0.3) is 0 Å². The Morgan fingerprint density at radius 3 is 1.38 bits per heavy atom. The van der Waals surface area contributed by atoms with Gasteiger partial charge in [0.2, 0.25) is 0 Å². The van der Waals surface area contributed by atoms with Crippen molar-refractivity contribution in [2.75, 3.05) is 80.9 Å². The number of aromatic amines is 2. The minimum Gasteiger partial charge on any atom is -0.491 e. The zero-order valence-corrected chi connectivity index (χ0v) is 24.9. The highest BCUT2D eigenvalue weighted by Gasteiger charge is 2.10. The predicted molar refractivity (Wildman–Crippen MR) is 166 cm³/mol. The van der Waals surface area contributed by atoms with Crippen molar-refractivity contribution < 1.29 is 18.9 Å². The number of aromatic nitrogens is 4. The van der Waals surface area contributed by atoms with Crippen LogP contribution in [0.2, 0.25) is 0 Å². The van der Waals surface area contributed by atoms with Gasteiger partial charge in [-0.1, -0.05) is 24.3 Å². The van der Waals surface area contributed by atoms with Crippen molar-refractivity contribution in [3.8, 4) is 34.3 Å². The topological polar surface area (TPSA) is 101 Å². The molecule has 5 aromatic rings. The fourth-order valence-corrected chi connectivity index (χ4v) is 4.35. The van der Waals surface area contributed by atoms with E-state index in [1.807, 2.05) is 88.9 Å². The van der Waals surface area contributed by atoms with Gasteiger partial charge in [-0.05, 0) is 52.5 Å². The third-order valence-electron chi connectivity index (χ3n) is 6.70. The summed E-state index contributed by atoms with van der Waals surface area (Å²) in [5.74, 6) is 3.18. The van der Waals surface area contributed by atoms with Crippen LogP contribution in [0.4, 0.5) is 0 Å². The highest BCUT2D eigenvalue weighted by atomic mass is 16.5. The van der Waals surface area contributed by atoms with Crippen molar-refractivity contribution >= 4 is 22.1 Å². The van der Waals surface area contributed by atoms with Gasteiger partial charge in [-0.15, -0.1) is 0 Å². The van der Waals surface area contributed by atoms with Crippen molar-refractivity contribution in [3.05, 3.63) is 60.7 Å². The van der Waals surface area contributed by atoms with Crippen LogP contribution >= 0.6 is 0 Å². The fraction of sp³-hybridized carbons (Fsp3) is 0.375. The molecule has 10 nitrogen and oxygen atoms in total. The lowest BCUT2D eigenvalue weighted by atomic mass is 10.1. The number of ether oxygens (including phenoxy) is 4. The first-order valence-electron chi connectivity index (χ1n) is 14.3. The van der Waals surface area contributed by atoms with Gasteiger partial charge in [0, 0.05) is 36.3 Å². The van der Waals surface area contributed by atoms with Gasteiger partial charge in [0.1, 0.15) is 36.4 Å². The third kappa shape index (κ3) is 8.07. The lowest BCUT2D eigenvalue weighted by Gasteiger charge is -2.10. The number of imidazole rings is 2. The zero-order chi connectivity index (χ0) is 29.3. The molecule has 0 fully saturated rings. The van der Waals surface area contributed by atoms with Crippen LogP contribution in [0, 0.1) is 0 Å². The summed E-state index contributed by atoms with van der Waals surface area (Å²) < 4.78 is 22.9. The second kappa shape index (κ2) is 14.3. The molecule has 42 heavy (non-hydrogen) atoms. The molecule has 0 aliphatic heterocycles. The number of likely N-dealkylation sites (N-methyl/N-ethyl adjacent to an activating group) is 2. The van der Waals surface area contributed by atoms with Gasteiger partial charge in [-0.25, -0.2) is 9.97 Å². The van der Waals surface area contributed by atoms with Crippen LogP contribution in [0.1, 0.15) is 0 Å². The molecule has 2 aromatic heterocycles. The molecule has 10 heteroatoms.